The molecule has 0 saturated heterocycles. The number of ether oxygens (including phenoxy) is 2. The van der Waals surface area contributed by atoms with Crippen LogP contribution < -0.4 is 10.2 Å². The van der Waals surface area contributed by atoms with Crippen molar-refractivity contribution in [1.82, 2.24) is 0 Å². The molecule has 0 spiro atoms. The fourth-order valence-electron chi connectivity index (χ4n) is 2.77. The van der Waals surface area contributed by atoms with E-state index in [9.17, 15) is 9.59 Å². The van der Waals surface area contributed by atoms with Gasteiger partial charge in [0.25, 0.3) is 0 Å². The number of hydrogen-bond acceptors (Lipinski definition) is 5. The average molecular weight is 392 g/mol. The predicted octanol–water partition coefficient (Wildman–Crippen LogP) is 4.59. The third kappa shape index (κ3) is 6.64. The highest BCUT2D eigenvalue weighted by molar-refractivity contribution is 5.69. The molecule has 1 aromatic heterocycles. The smallest absolute Gasteiger partial charge is 0.306 e. The Labute approximate surface area is 169 Å². The van der Waals surface area contributed by atoms with Gasteiger partial charge in [-0.15, -0.1) is 0 Å². The summed E-state index contributed by atoms with van der Waals surface area (Å²) in [5.41, 5.74) is 3.06. The first kappa shape index (κ1) is 20.4. The number of aryl methyl sites for hydroxylation is 2. The van der Waals surface area contributed by atoms with Gasteiger partial charge in [-0.1, -0.05) is 60.2 Å². The van der Waals surface area contributed by atoms with Crippen LogP contribution in [0.1, 0.15) is 35.3 Å². The molecule has 0 aliphatic carbocycles. The lowest BCUT2D eigenvalue weighted by molar-refractivity contribution is -0.145. The molecule has 0 N–H and O–H groups in total. The van der Waals surface area contributed by atoms with Crippen molar-refractivity contribution in [3.05, 3.63) is 99.6 Å². The number of carbonyl (C=O) groups excluding carboxylic acids is 1. The zero-order chi connectivity index (χ0) is 20.5. The van der Waals surface area contributed by atoms with E-state index in [1.165, 1.54) is 23.5 Å². The summed E-state index contributed by atoms with van der Waals surface area (Å²) in [5.74, 6) is 0.0973. The van der Waals surface area contributed by atoms with Gasteiger partial charge >= 0.3 is 5.97 Å². The summed E-state index contributed by atoms with van der Waals surface area (Å²) in [6.45, 7) is 2.25. The molecule has 29 heavy (non-hydrogen) atoms. The van der Waals surface area contributed by atoms with Crippen LogP contribution in [0.25, 0.3) is 0 Å². The van der Waals surface area contributed by atoms with Gasteiger partial charge in [0.1, 0.15) is 25.2 Å². The zero-order valence-electron chi connectivity index (χ0n) is 16.4. The zero-order valence-corrected chi connectivity index (χ0v) is 16.4. The minimum absolute atomic E-state index is 0.0719. The number of hydrogen-bond donors (Lipinski definition) is 0. The Hall–Kier alpha value is -3.34. The van der Waals surface area contributed by atoms with Crippen LogP contribution in [0.3, 0.4) is 0 Å². The maximum Gasteiger partial charge on any atom is 0.306 e. The topological polar surface area (TPSA) is 65.7 Å². The summed E-state index contributed by atoms with van der Waals surface area (Å²) in [6, 6.07) is 19.1. The van der Waals surface area contributed by atoms with Gasteiger partial charge in [-0.2, -0.15) is 0 Å². The van der Waals surface area contributed by atoms with Gasteiger partial charge < -0.3 is 13.9 Å². The molecular weight excluding hydrogens is 368 g/mol. The van der Waals surface area contributed by atoms with Gasteiger partial charge in [-0.3, -0.25) is 9.59 Å². The van der Waals surface area contributed by atoms with Gasteiger partial charge in [-0.05, 0) is 30.9 Å². The molecule has 0 bridgehead atoms. The molecule has 0 unspecified atom stereocenters. The molecule has 0 radical (unpaired) electrons. The van der Waals surface area contributed by atoms with Crippen molar-refractivity contribution >= 4 is 5.97 Å². The second-order valence-corrected chi connectivity index (χ2v) is 6.85. The quantitative estimate of drug-likeness (QED) is 0.498. The van der Waals surface area contributed by atoms with Crippen LogP contribution in [0, 0.1) is 6.92 Å². The largest absolute Gasteiger partial charge is 0.482 e. The molecule has 0 saturated carbocycles. The molecule has 150 valence electrons. The minimum Gasteiger partial charge on any atom is -0.482 e. The molecule has 5 nitrogen and oxygen atoms in total. The lowest BCUT2D eigenvalue weighted by atomic mass is 10.1. The van der Waals surface area contributed by atoms with Crippen molar-refractivity contribution < 1.29 is 18.7 Å². The SMILES string of the molecule is Cc1ccc(CCCC(=O)OCc2cc(=O)c(OCc3ccccc3)co2)cc1. The van der Waals surface area contributed by atoms with Gasteiger partial charge in [0.05, 0.1) is 0 Å². The molecule has 3 aromatic rings. The van der Waals surface area contributed by atoms with E-state index in [0.29, 0.717) is 12.8 Å². The van der Waals surface area contributed by atoms with Crippen molar-refractivity contribution in [2.24, 2.45) is 0 Å². The Kier molecular flexibility index (Phi) is 7.22. The number of esters is 1. The van der Waals surface area contributed by atoms with Crippen LogP contribution >= 0.6 is 0 Å². The van der Waals surface area contributed by atoms with E-state index in [4.69, 9.17) is 13.9 Å². The molecule has 0 aliphatic heterocycles. The van der Waals surface area contributed by atoms with E-state index in [-0.39, 0.29) is 36.1 Å². The maximum atomic E-state index is 12.1. The molecule has 0 atom stereocenters. The summed E-state index contributed by atoms with van der Waals surface area (Å²) < 4.78 is 16.0. The molecule has 0 fully saturated rings. The Balaban J connectivity index is 1.41. The fourth-order valence-corrected chi connectivity index (χ4v) is 2.77. The molecule has 2 aromatic carbocycles. The number of rotatable bonds is 9. The van der Waals surface area contributed by atoms with Crippen LogP contribution in [-0.4, -0.2) is 5.97 Å². The average Bonchev–Trinajstić information content (AvgIpc) is 2.74. The molecule has 1 heterocycles. The Bertz CT molecular complexity index is 974. The highest BCUT2D eigenvalue weighted by atomic mass is 16.5. The first-order valence-corrected chi connectivity index (χ1v) is 9.60. The van der Waals surface area contributed by atoms with Crippen molar-refractivity contribution in [1.29, 1.82) is 0 Å². The predicted molar refractivity (Wildman–Crippen MR) is 110 cm³/mol. The van der Waals surface area contributed by atoms with E-state index in [2.05, 4.69) is 24.3 Å². The summed E-state index contributed by atoms with van der Waals surface area (Å²) >= 11 is 0. The first-order chi connectivity index (χ1) is 14.1. The monoisotopic (exact) mass is 392 g/mol. The summed E-state index contributed by atoms with van der Waals surface area (Å²) in [6.07, 6.45) is 3.10. The Morgan fingerprint density at radius 1 is 0.966 bits per heavy atom. The normalized spacial score (nSPS) is 10.5. The summed E-state index contributed by atoms with van der Waals surface area (Å²) in [7, 11) is 0. The minimum atomic E-state index is -0.316. The first-order valence-electron chi connectivity index (χ1n) is 9.60. The molecule has 0 amide bonds. The Morgan fingerprint density at radius 2 is 1.72 bits per heavy atom. The van der Waals surface area contributed by atoms with Crippen LogP contribution in [0.2, 0.25) is 0 Å². The van der Waals surface area contributed by atoms with E-state index in [1.807, 2.05) is 37.3 Å². The lowest BCUT2D eigenvalue weighted by Crippen LogP contribution is -2.10. The maximum absolute atomic E-state index is 12.1. The Morgan fingerprint density at radius 3 is 2.45 bits per heavy atom. The lowest BCUT2D eigenvalue weighted by Gasteiger charge is -2.07. The molecular formula is C24H24O5. The van der Waals surface area contributed by atoms with Crippen LogP contribution in [-0.2, 0) is 29.2 Å². The summed E-state index contributed by atoms with van der Waals surface area (Å²) in [5, 5.41) is 0. The van der Waals surface area contributed by atoms with Gasteiger partial charge in [0.2, 0.25) is 11.2 Å². The van der Waals surface area contributed by atoms with E-state index >= 15 is 0 Å². The van der Waals surface area contributed by atoms with E-state index in [1.54, 1.807) is 0 Å². The number of carbonyl (C=O) groups is 1. The van der Waals surface area contributed by atoms with Crippen LogP contribution in [0.5, 0.6) is 5.75 Å². The second kappa shape index (κ2) is 10.3. The molecule has 5 heteroatoms. The molecule has 0 aliphatic rings. The van der Waals surface area contributed by atoms with Crippen LogP contribution in [0.4, 0.5) is 0 Å². The highest BCUT2D eigenvalue weighted by Crippen LogP contribution is 2.11. The van der Waals surface area contributed by atoms with Crippen LogP contribution in [0.15, 0.2) is 76.1 Å². The van der Waals surface area contributed by atoms with E-state index in [0.717, 1.165) is 12.0 Å². The highest BCUT2D eigenvalue weighted by Gasteiger charge is 2.09. The van der Waals surface area contributed by atoms with E-state index < -0.39 is 0 Å². The number of benzene rings is 2. The third-order valence-corrected chi connectivity index (χ3v) is 4.43. The van der Waals surface area contributed by atoms with Gasteiger partial charge in [0.15, 0.2) is 0 Å². The van der Waals surface area contributed by atoms with Crippen molar-refractivity contribution in [3.8, 4) is 5.75 Å². The van der Waals surface area contributed by atoms with Crippen molar-refractivity contribution in [2.45, 2.75) is 39.4 Å². The van der Waals surface area contributed by atoms with Gasteiger partial charge in [-0.25, -0.2) is 0 Å². The second-order valence-electron chi connectivity index (χ2n) is 6.85. The van der Waals surface area contributed by atoms with Crippen molar-refractivity contribution in [3.63, 3.8) is 0 Å². The molecule has 3 rings (SSSR count). The van der Waals surface area contributed by atoms with Crippen molar-refractivity contribution in [2.75, 3.05) is 0 Å². The standard InChI is InChI=1S/C24H24O5/c1-18-10-12-19(13-11-18)8-5-9-24(26)29-16-21-14-22(25)23(17-27-21)28-15-20-6-3-2-4-7-20/h2-4,6-7,10-14,17H,5,8-9,15-16H2,1H3. The third-order valence-electron chi connectivity index (χ3n) is 4.43. The fraction of sp³-hybridized carbons (Fsp3) is 0.250. The summed E-state index contributed by atoms with van der Waals surface area (Å²) in [4.78, 5) is 24.0. The van der Waals surface area contributed by atoms with Gasteiger partial charge in [0, 0.05) is 12.5 Å².